The van der Waals surface area contributed by atoms with Crippen LogP contribution in [0.2, 0.25) is 0 Å². The summed E-state index contributed by atoms with van der Waals surface area (Å²) in [4.78, 5) is 33.6. The quantitative estimate of drug-likeness (QED) is 0.825. The number of hydrogen-bond acceptors (Lipinski definition) is 4. The van der Waals surface area contributed by atoms with Gasteiger partial charge in [-0.25, -0.2) is 9.78 Å². The van der Waals surface area contributed by atoms with Crippen molar-refractivity contribution in [3.05, 3.63) is 45.7 Å². The van der Waals surface area contributed by atoms with E-state index in [4.69, 9.17) is 5.11 Å². The van der Waals surface area contributed by atoms with E-state index in [1.807, 2.05) is 0 Å². The van der Waals surface area contributed by atoms with Crippen LogP contribution in [0.5, 0.6) is 0 Å². The second-order valence-corrected chi connectivity index (χ2v) is 4.59. The predicted octanol–water partition coefficient (Wildman–Crippen LogP) is 0.453. The van der Waals surface area contributed by atoms with E-state index in [9.17, 15) is 9.59 Å². The first-order valence-corrected chi connectivity index (χ1v) is 6.25. The van der Waals surface area contributed by atoms with Crippen LogP contribution >= 0.6 is 0 Å². The van der Waals surface area contributed by atoms with Crippen LogP contribution in [0, 0.1) is 13.8 Å². The van der Waals surface area contributed by atoms with E-state index < -0.39 is 5.97 Å². The van der Waals surface area contributed by atoms with Gasteiger partial charge in [0.2, 0.25) is 0 Å². The van der Waals surface area contributed by atoms with Gasteiger partial charge < -0.3 is 10.1 Å². The highest BCUT2D eigenvalue weighted by Crippen LogP contribution is 2.11. The lowest BCUT2D eigenvalue weighted by atomic mass is 10.1. The third-order valence-corrected chi connectivity index (χ3v) is 3.26. The summed E-state index contributed by atoms with van der Waals surface area (Å²) >= 11 is 0. The van der Waals surface area contributed by atoms with Crippen molar-refractivity contribution in [1.29, 1.82) is 0 Å². The Labute approximate surface area is 115 Å². The van der Waals surface area contributed by atoms with Gasteiger partial charge in [0.1, 0.15) is 0 Å². The summed E-state index contributed by atoms with van der Waals surface area (Å²) in [6.45, 7) is 3.85. The van der Waals surface area contributed by atoms with E-state index in [2.05, 4.69) is 15.0 Å². The van der Waals surface area contributed by atoms with E-state index >= 15 is 0 Å². The highest BCUT2D eigenvalue weighted by molar-refractivity contribution is 5.70. The fourth-order valence-electron chi connectivity index (χ4n) is 2.16. The first-order chi connectivity index (χ1) is 9.49. The molecular formula is C13H16N4O3. The summed E-state index contributed by atoms with van der Waals surface area (Å²) in [6.07, 6.45) is 3.75. The predicted molar refractivity (Wildman–Crippen MR) is 71.6 cm³/mol. The van der Waals surface area contributed by atoms with Gasteiger partial charge in [0.25, 0.3) is 0 Å². The number of aliphatic carboxylic acids is 1. The molecule has 2 rings (SSSR count). The molecule has 2 heterocycles. The molecule has 0 aromatic carbocycles. The number of aromatic nitrogens is 4. The molecular weight excluding hydrogens is 260 g/mol. The number of carboxylic acid groups (broad SMARTS) is 1. The third kappa shape index (κ3) is 2.93. The molecule has 0 spiro atoms. The highest BCUT2D eigenvalue weighted by Gasteiger charge is 2.14. The van der Waals surface area contributed by atoms with Gasteiger partial charge in [0, 0.05) is 41.8 Å². The minimum Gasteiger partial charge on any atom is -0.481 e. The van der Waals surface area contributed by atoms with Crippen molar-refractivity contribution in [3.8, 4) is 0 Å². The third-order valence-electron chi connectivity index (χ3n) is 3.26. The molecule has 0 unspecified atom stereocenters. The molecule has 0 fully saturated rings. The Morgan fingerprint density at radius 2 is 2.20 bits per heavy atom. The number of hydrogen-bond donors (Lipinski definition) is 2. The summed E-state index contributed by atoms with van der Waals surface area (Å²) in [7, 11) is 0. The zero-order valence-corrected chi connectivity index (χ0v) is 11.4. The summed E-state index contributed by atoms with van der Waals surface area (Å²) < 4.78 is 1.51. The summed E-state index contributed by atoms with van der Waals surface area (Å²) in [5.41, 5.74) is 2.30. The van der Waals surface area contributed by atoms with E-state index in [-0.39, 0.29) is 12.1 Å². The molecule has 20 heavy (non-hydrogen) atoms. The first kappa shape index (κ1) is 14.0. The normalized spacial score (nSPS) is 10.7. The van der Waals surface area contributed by atoms with Crippen molar-refractivity contribution < 1.29 is 9.90 Å². The molecule has 7 nitrogen and oxygen atoms in total. The van der Waals surface area contributed by atoms with Crippen molar-refractivity contribution in [1.82, 2.24) is 19.5 Å². The SMILES string of the molecule is Cc1nc(=O)n(CCc2cnc[nH]2)c(C)c1CC(=O)O. The zero-order chi connectivity index (χ0) is 14.7. The van der Waals surface area contributed by atoms with Crippen LogP contribution in [0.3, 0.4) is 0 Å². The van der Waals surface area contributed by atoms with E-state index in [0.717, 1.165) is 5.69 Å². The second-order valence-electron chi connectivity index (χ2n) is 4.59. The van der Waals surface area contributed by atoms with Crippen molar-refractivity contribution in [3.63, 3.8) is 0 Å². The molecule has 106 valence electrons. The van der Waals surface area contributed by atoms with Crippen LogP contribution in [-0.4, -0.2) is 30.6 Å². The molecule has 2 aromatic heterocycles. The van der Waals surface area contributed by atoms with Crippen LogP contribution in [0.1, 0.15) is 22.6 Å². The molecule has 0 radical (unpaired) electrons. The molecule has 0 bridgehead atoms. The van der Waals surface area contributed by atoms with E-state index in [1.54, 1.807) is 26.4 Å². The molecule has 0 saturated carbocycles. The molecule has 7 heteroatoms. The fourth-order valence-corrected chi connectivity index (χ4v) is 2.16. The highest BCUT2D eigenvalue weighted by atomic mass is 16.4. The minimum absolute atomic E-state index is 0.130. The van der Waals surface area contributed by atoms with Gasteiger partial charge in [0.15, 0.2) is 0 Å². The second kappa shape index (κ2) is 5.68. The average molecular weight is 276 g/mol. The van der Waals surface area contributed by atoms with Gasteiger partial charge in [-0.2, -0.15) is 4.98 Å². The molecule has 2 aromatic rings. The Balaban J connectivity index is 2.32. The number of rotatable bonds is 5. The number of nitrogens with zero attached hydrogens (tertiary/aromatic N) is 3. The van der Waals surface area contributed by atoms with Gasteiger partial charge in [-0.05, 0) is 13.8 Å². The smallest absolute Gasteiger partial charge is 0.347 e. The van der Waals surface area contributed by atoms with Crippen molar-refractivity contribution in [2.75, 3.05) is 0 Å². The Hall–Kier alpha value is -2.44. The largest absolute Gasteiger partial charge is 0.481 e. The summed E-state index contributed by atoms with van der Waals surface area (Å²) in [5, 5.41) is 8.93. The van der Waals surface area contributed by atoms with Gasteiger partial charge >= 0.3 is 11.7 Å². The number of aryl methyl sites for hydroxylation is 2. The van der Waals surface area contributed by atoms with E-state index in [1.165, 1.54) is 4.57 Å². The summed E-state index contributed by atoms with van der Waals surface area (Å²) in [6, 6.07) is 0. The van der Waals surface area contributed by atoms with Gasteiger partial charge in [-0.15, -0.1) is 0 Å². The van der Waals surface area contributed by atoms with Gasteiger partial charge in [-0.1, -0.05) is 0 Å². The van der Waals surface area contributed by atoms with Crippen molar-refractivity contribution in [2.24, 2.45) is 0 Å². The lowest BCUT2D eigenvalue weighted by Gasteiger charge is -2.14. The van der Waals surface area contributed by atoms with Crippen LogP contribution in [0.25, 0.3) is 0 Å². The van der Waals surface area contributed by atoms with Gasteiger partial charge in [0.05, 0.1) is 12.7 Å². The average Bonchev–Trinajstić information content (AvgIpc) is 2.87. The van der Waals surface area contributed by atoms with Gasteiger partial charge in [-0.3, -0.25) is 9.36 Å². The van der Waals surface area contributed by atoms with Crippen LogP contribution in [0.4, 0.5) is 0 Å². The van der Waals surface area contributed by atoms with Crippen LogP contribution < -0.4 is 5.69 Å². The monoisotopic (exact) mass is 276 g/mol. The Morgan fingerprint density at radius 3 is 2.80 bits per heavy atom. The fraction of sp³-hybridized carbons (Fsp3) is 0.385. The maximum atomic E-state index is 11.9. The van der Waals surface area contributed by atoms with E-state index in [0.29, 0.717) is 29.9 Å². The summed E-state index contributed by atoms with van der Waals surface area (Å²) in [5.74, 6) is -0.934. The van der Waals surface area contributed by atoms with Crippen molar-refractivity contribution in [2.45, 2.75) is 33.2 Å². The lowest BCUT2D eigenvalue weighted by Crippen LogP contribution is -2.29. The molecule has 0 atom stereocenters. The lowest BCUT2D eigenvalue weighted by molar-refractivity contribution is -0.136. The number of imidazole rings is 1. The maximum absolute atomic E-state index is 11.9. The van der Waals surface area contributed by atoms with Crippen molar-refractivity contribution >= 4 is 5.97 Å². The van der Waals surface area contributed by atoms with Crippen LogP contribution in [-0.2, 0) is 24.2 Å². The Kier molecular flexibility index (Phi) is 3.97. The Bertz CT molecular complexity index is 674. The Morgan fingerprint density at radius 1 is 1.45 bits per heavy atom. The minimum atomic E-state index is -0.934. The topological polar surface area (TPSA) is 101 Å². The number of nitrogens with one attached hydrogen (secondary N) is 1. The molecule has 0 amide bonds. The maximum Gasteiger partial charge on any atom is 0.347 e. The standard InChI is InChI=1S/C13H16N4O3/c1-8-11(5-12(18)19)9(2)17(13(20)16-8)4-3-10-6-14-7-15-10/h6-7H,3-5H2,1-2H3,(H,14,15)(H,18,19). The molecule has 0 aliphatic heterocycles. The zero-order valence-electron chi connectivity index (χ0n) is 11.4. The molecule has 0 saturated heterocycles. The number of aromatic amines is 1. The molecule has 2 N–H and O–H groups in total. The number of carbonyl (C=O) groups is 1. The number of carboxylic acids is 1. The first-order valence-electron chi connectivity index (χ1n) is 6.25. The van der Waals surface area contributed by atoms with Crippen LogP contribution in [0.15, 0.2) is 17.3 Å². The molecule has 0 aliphatic carbocycles. The molecule has 0 aliphatic rings. The number of H-pyrrole nitrogens is 1.